The molecule has 0 aromatic heterocycles. The van der Waals surface area contributed by atoms with E-state index in [1.807, 2.05) is 0 Å². The molecular formula is C15H26F7O4P. The van der Waals surface area contributed by atoms with E-state index in [1.54, 1.807) is 0 Å². The third kappa shape index (κ3) is 16.3. The molecule has 27 heavy (non-hydrogen) atoms. The Morgan fingerprint density at radius 1 is 0.815 bits per heavy atom. The number of phosphoric ester groups is 1. The van der Waals surface area contributed by atoms with Crippen LogP contribution in [0.4, 0.5) is 30.7 Å². The molecule has 0 aromatic rings. The Bertz CT molecular complexity index is 440. The fraction of sp³-hybridized carbons (Fsp3) is 1.00. The molecule has 0 fully saturated rings. The molecule has 0 aliphatic heterocycles. The molecule has 12 heteroatoms. The maximum atomic E-state index is 13.0. The highest BCUT2D eigenvalue weighted by Crippen LogP contribution is 2.38. The molecule has 0 aliphatic rings. The molecule has 0 radical (unpaired) electrons. The Hall–Kier alpha value is -0.380. The molecule has 0 saturated heterocycles. The zero-order valence-electron chi connectivity index (χ0n) is 14.7. The van der Waals surface area contributed by atoms with Crippen LogP contribution in [0, 0.1) is 5.92 Å². The monoisotopic (exact) mass is 434 g/mol. The van der Waals surface area contributed by atoms with Gasteiger partial charge < -0.3 is 9.79 Å². The number of hydrogen-bond donors (Lipinski definition) is 2. The molecule has 164 valence electrons. The van der Waals surface area contributed by atoms with Crippen LogP contribution in [0.15, 0.2) is 0 Å². The second-order valence-electron chi connectivity index (χ2n) is 6.54. The maximum absolute atomic E-state index is 13.0. The molecule has 0 amide bonds. The fourth-order valence-corrected chi connectivity index (χ4v) is 3.05. The molecule has 0 rings (SSSR count). The molecule has 0 heterocycles. The smallest absolute Gasteiger partial charge is 0.303 e. The second-order valence-corrected chi connectivity index (χ2v) is 7.78. The molecule has 1 unspecified atom stereocenters. The lowest BCUT2D eigenvalue weighted by molar-refractivity contribution is -0.169. The highest BCUT2D eigenvalue weighted by atomic mass is 31.2. The predicted molar refractivity (Wildman–Crippen MR) is 84.7 cm³/mol. The number of halogens is 7. The van der Waals surface area contributed by atoms with E-state index in [9.17, 15) is 35.3 Å². The van der Waals surface area contributed by atoms with Gasteiger partial charge in [-0.2, -0.15) is 13.2 Å². The Labute approximate surface area is 153 Å². The van der Waals surface area contributed by atoms with Crippen LogP contribution in [0.3, 0.4) is 0 Å². The summed E-state index contributed by atoms with van der Waals surface area (Å²) in [6, 6.07) is 0. The van der Waals surface area contributed by atoms with E-state index in [0.717, 1.165) is 6.42 Å². The van der Waals surface area contributed by atoms with Crippen molar-refractivity contribution in [1.82, 2.24) is 0 Å². The SMILES string of the molecule is O=P(O)(O)OCCCCCCCCCC(CC(F)(F)F)CC(F)(F)C(F)F. The summed E-state index contributed by atoms with van der Waals surface area (Å²) >= 11 is 0. The second kappa shape index (κ2) is 12.2. The largest absolute Gasteiger partial charge is 0.469 e. The van der Waals surface area contributed by atoms with Crippen molar-refractivity contribution in [2.75, 3.05) is 6.61 Å². The van der Waals surface area contributed by atoms with E-state index in [2.05, 4.69) is 4.52 Å². The van der Waals surface area contributed by atoms with Crippen molar-refractivity contribution >= 4 is 7.82 Å². The average Bonchev–Trinajstić information content (AvgIpc) is 2.45. The van der Waals surface area contributed by atoms with E-state index in [0.29, 0.717) is 32.1 Å². The minimum Gasteiger partial charge on any atom is -0.303 e. The number of unbranched alkanes of at least 4 members (excludes halogenated alkanes) is 6. The molecule has 1 atom stereocenters. The standard InChI is InChI=1S/C15H26F7O4P/c16-13(17)14(18,19)10-12(11-15(20,21)22)8-6-4-2-1-3-5-7-9-26-27(23,24)25/h12-13H,1-11H2,(H2,23,24,25). The predicted octanol–water partition coefficient (Wildman–Crippen LogP) is 6.08. The first kappa shape index (κ1) is 26.6. The van der Waals surface area contributed by atoms with Crippen LogP contribution in [0.5, 0.6) is 0 Å². The molecule has 0 bridgehead atoms. The van der Waals surface area contributed by atoms with Crippen LogP contribution in [0.2, 0.25) is 0 Å². The van der Waals surface area contributed by atoms with Crippen molar-refractivity contribution in [2.24, 2.45) is 5.92 Å². The van der Waals surface area contributed by atoms with Crippen molar-refractivity contribution in [3.8, 4) is 0 Å². The lowest BCUT2D eigenvalue weighted by Gasteiger charge is -2.23. The topological polar surface area (TPSA) is 66.8 Å². The van der Waals surface area contributed by atoms with Crippen molar-refractivity contribution < 1.29 is 49.6 Å². The highest BCUT2D eigenvalue weighted by Gasteiger charge is 2.44. The van der Waals surface area contributed by atoms with Crippen molar-refractivity contribution in [3.63, 3.8) is 0 Å². The summed E-state index contributed by atoms with van der Waals surface area (Å²) in [5.74, 6) is -5.97. The summed E-state index contributed by atoms with van der Waals surface area (Å²) in [5.41, 5.74) is 0. The average molecular weight is 434 g/mol. The third-order valence-corrected chi connectivity index (χ3v) is 4.44. The Morgan fingerprint density at radius 2 is 1.30 bits per heavy atom. The normalized spacial score (nSPS) is 14.7. The van der Waals surface area contributed by atoms with E-state index >= 15 is 0 Å². The molecule has 0 saturated carbocycles. The van der Waals surface area contributed by atoms with Gasteiger partial charge >= 0.3 is 26.3 Å². The minimum absolute atomic E-state index is 0.0816. The van der Waals surface area contributed by atoms with Gasteiger partial charge in [-0.25, -0.2) is 22.1 Å². The first-order chi connectivity index (χ1) is 12.2. The van der Waals surface area contributed by atoms with Crippen molar-refractivity contribution in [2.45, 2.75) is 82.7 Å². The van der Waals surface area contributed by atoms with Gasteiger partial charge in [-0.05, 0) is 18.8 Å². The van der Waals surface area contributed by atoms with Gasteiger partial charge in [0, 0.05) is 12.8 Å². The van der Waals surface area contributed by atoms with Gasteiger partial charge in [-0.3, -0.25) is 4.52 Å². The molecular weight excluding hydrogens is 408 g/mol. The zero-order chi connectivity index (χ0) is 21.1. The molecule has 0 aromatic carbocycles. The van der Waals surface area contributed by atoms with E-state index in [-0.39, 0.29) is 19.4 Å². The van der Waals surface area contributed by atoms with Crippen LogP contribution in [0.25, 0.3) is 0 Å². The molecule has 4 nitrogen and oxygen atoms in total. The quantitative estimate of drug-likeness (QED) is 0.186. The Balaban J connectivity index is 3.98. The van der Waals surface area contributed by atoms with E-state index < -0.39 is 45.1 Å². The summed E-state index contributed by atoms with van der Waals surface area (Å²) in [6.45, 7) is -0.0816. The highest BCUT2D eigenvalue weighted by molar-refractivity contribution is 7.46. The minimum atomic E-state index is -4.68. The summed E-state index contributed by atoms with van der Waals surface area (Å²) in [5, 5.41) is 0. The number of rotatable bonds is 15. The van der Waals surface area contributed by atoms with Gasteiger partial charge in [-0.1, -0.05) is 38.5 Å². The fourth-order valence-electron chi connectivity index (χ4n) is 2.68. The summed E-state index contributed by atoms with van der Waals surface area (Å²) in [7, 11) is -4.46. The van der Waals surface area contributed by atoms with Crippen LogP contribution in [0.1, 0.15) is 64.2 Å². The van der Waals surface area contributed by atoms with Gasteiger partial charge in [0.15, 0.2) is 0 Å². The van der Waals surface area contributed by atoms with Crippen LogP contribution >= 0.6 is 7.82 Å². The van der Waals surface area contributed by atoms with E-state index in [4.69, 9.17) is 9.79 Å². The lowest BCUT2D eigenvalue weighted by Crippen LogP contribution is -2.31. The first-order valence-electron chi connectivity index (χ1n) is 8.66. The van der Waals surface area contributed by atoms with E-state index in [1.165, 1.54) is 0 Å². The summed E-state index contributed by atoms with van der Waals surface area (Å²) in [4.78, 5) is 16.9. The Kier molecular flexibility index (Phi) is 12.1. The molecule has 0 aliphatic carbocycles. The Morgan fingerprint density at radius 3 is 1.74 bits per heavy atom. The number of alkyl halides is 7. The first-order valence-corrected chi connectivity index (χ1v) is 10.2. The van der Waals surface area contributed by atoms with Crippen molar-refractivity contribution in [1.29, 1.82) is 0 Å². The van der Waals surface area contributed by atoms with Gasteiger partial charge in [-0.15, -0.1) is 0 Å². The maximum Gasteiger partial charge on any atom is 0.469 e. The van der Waals surface area contributed by atoms with Crippen LogP contribution < -0.4 is 0 Å². The number of hydrogen-bond acceptors (Lipinski definition) is 2. The molecule has 2 N–H and O–H groups in total. The molecule has 0 spiro atoms. The van der Waals surface area contributed by atoms with Crippen LogP contribution in [-0.2, 0) is 9.09 Å². The lowest BCUT2D eigenvalue weighted by atomic mass is 9.91. The van der Waals surface area contributed by atoms with Crippen LogP contribution in [-0.4, -0.2) is 34.9 Å². The number of phosphoric acid groups is 1. The van der Waals surface area contributed by atoms with Gasteiger partial charge in [0.2, 0.25) is 0 Å². The van der Waals surface area contributed by atoms with Gasteiger partial charge in [0.1, 0.15) is 0 Å². The van der Waals surface area contributed by atoms with Gasteiger partial charge in [0.25, 0.3) is 0 Å². The van der Waals surface area contributed by atoms with Crippen molar-refractivity contribution in [3.05, 3.63) is 0 Å². The zero-order valence-corrected chi connectivity index (χ0v) is 15.6. The summed E-state index contributed by atoms with van der Waals surface area (Å²) in [6.07, 6.45) is -7.94. The third-order valence-electron chi connectivity index (χ3n) is 3.92. The summed E-state index contributed by atoms with van der Waals surface area (Å²) < 4.78 is 103. The van der Waals surface area contributed by atoms with Gasteiger partial charge in [0.05, 0.1) is 6.61 Å².